The van der Waals surface area contributed by atoms with E-state index in [1.165, 1.54) is 25.7 Å². The largest absolute Gasteiger partial charge is 0.370 e. The Morgan fingerprint density at radius 2 is 2.31 bits per heavy atom. The second kappa shape index (κ2) is 5.22. The van der Waals surface area contributed by atoms with Gasteiger partial charge in [-0.3, -0.25) is 4.79 Å². The quantitative estimate of drug-likeness (QED) is 0.670. The van der Waals surface area contributed by atoms with Crippen molar-refractivity contribution in [3.63, 3.8) is 0 Å². The zero-order valence-electron chi connectivity index (χ0n) is 8.38. The molecule has 3 heteroatoms. The van der Waals surface area contributed by atoms with E-state index in [9.17, 15) is 4.79 Å². The zero-order chi connectivity index (χ0) is 9.68. The van der Waals surface area contributed by atoms with Crippen LogP contribution in [0, 0.1) is 5.92 Å². The Bertz CT molecular complexity index is 170. The van der Waals surface area contributed by atoms with Gasteiger partial charge in [0.25, 0.3) is 0 Å². The van der Waals surface area contributed by atoms with Crippen LogP contribution in [-0.2, 0) is 4.79 Å². The van der Waals surface area contributed by atoms with Crippen LogP contribution in [0.3, 0.4) is 0 Å². The average molecular weight is 184 g/mol. The number of primary amides is 1. The van der Waals surface area contributed by atoms with Gasteiger partial charge in [0.05, 0.1) is 0 Å². The molecule has 1 aliphatic rings. The van der Waals surface area contributed by atoms with Gasteiger partial charge in [0.2, 0.25) is 5.91 Å². The number of hydrogen-bond donors (Lipinski definition) is 2. The van der Waals surface area contributed by atoms with Gasteiger partial charge in [0.15, 0.2) is 0 Å². The van der Waals surface area contributed by atoms with Crippen LogP contribution in [0.5, 0.6) is 0 Å². The van der Waals surface area contributed by atoms with Crippen LogP contribution in [0.4, 0.5) is 0 Å². The number of rotatable bonds is 5. The van der Waals surface area contributed by atoms with E-state index in [1.54, 1.807) is 0 Å². The van der Waals surface area contributed by atoms with Crippen molar-refractivity contribution in [2.45, 2.75) is 45.1 Å². The summed E-state index contributed by atoms with van der Waals surface area (Å²) in [6, 6.07) is 0.629. The fraction of sp³-hybridized carbons (Fsp3) is 0.900. The third kappa shape index (κ3) is 3.35. The Labute approximate surface area is 80.1 Å². The van der Waals surface area contributed by atoms with Crippen molar-refractivity contribution in [2.75, 3.05) is 6.54 Å². The SMILES string of the molecule is CCC1CCCC1NCCC(N)=O. The fourth-order valence-electron chi connectivity index (χ4n) is 2.17. The van der Waals surface area contributed by atoms with E-state index in [1.807, 2.05) is 0 Å². The molecule has 1 aliphatic carbocycles. The van der Waals surface area contributed by atoms with Gasteiger partial charge < -0.3 is 11.1 Å². The minimum Gasteiger partial charge on any atom is -0.370 e. The smallest absolute Gasteiger partial charge is 0.218 e. The van der Waals surface area contributed by atoms with Crippen LogP contribution in [0.1, 0.15) is 39.0 Å². The highest BCUT2D eigenvalue weighted by Gasteiger charge is 2.24. The summed E-state index contributed by atoms with van der Waals surface area (Å²) in [5, 5.41) is 3.41. The second-order valence-electron chi connectivity index (χ2n) is 3.88. The maximum absolute atomic E-state index is 10.5. The van der Waals surface area contributed by atoms with Crippen molar-refractivity contribution < 1.29 is 4.79 Å². The van der Waals surface area contributed by atoms with Gasteiger partial charge in [-0.05, 0) is 18.8 Å². The number of hydrogen-bond acceptors (Lipinski definition) is 2. The molecular formula is C10H20N2O. The third-order valence-corrected chi connectivity index (χ3v) is 2.96. The lowest BCUT2D eigenvalue weighted by atomic mass is 10.0. The molecule has 0 aliphatic heterocycles. The normalized spacial score (nSPS) is 27.8. The lowest BCUT2D eigenvalue weighted by molar-refractivity contribution is -0.117. The van der Waals surface area contributed by atoms with Crippen molar-refractivity contribution in [3.8, 4) is 0 Å². The first-order valence-corrected chi connectivity index (χ1v) is 5.25. The topological polar surface area (TPSA) is 55.1 Å². The van der Waals surface area contributed by atoms with Gasteiger partial charge >= 0.3 is 0 Å². The summed E-state index contributed by atoms with van der Waals surface area (Å²) in [6.45, 7) is 2.98. The number of carbonyl (C=O) groups excluding carboxylic acids is 1. The van der Waals surface area contributed by atoms with Gasteiger partial charge in [0.1, 0.15) is 0 Å². The third-order valence-electron chi connectivity index (χ3n) is 2.96. The van der Waals surface area contributed by atoms with Crippen molar-refractivity contribution >= 4 is 5.91 Å². The first-order valence-electron chi connectivity index (χ1n) is 5.25. The number of nitrogens with two attached hydrogens (primary N) is 1. The van der Waals surface area contributed by atoms with Crippen molar-refractivity contribution in [1.82, 2.24) is 5.32 Å². The van der Waals surface area contributed by atoms with E-state index >= 15 is 0 Å². The lowest BCUT2D eigenvalue weighted by Crippen LogP contribution is -2.34. The molecular weight excluding hydrogens is 164 g/mol. The van der Waals surface area contributed by atoms with Crippen molar-refractivity contribution in [3.05, 3.63) is 0 Å². The predicted octanol–water partition coefficient (Wildman–Crippen LogP) is 1.03. The van der Waals surface area contributed by atoms with Crippen LogP contribution in [0.25, 0.3) is 0 Å². The number of nitrogens with one attached hydrogen (secondary N) is 1. The Morgan fingerprint density at radius 1 is 1.54 bits per heavy atom. The molecule has 0 radical (unpaired) electrons. The standard InChI is InChI=1S/C10H20N2O/c1-2-8-4-3-5-9(8)12-7-6-10(11)13/h8-9,12H,2-7H2,1H3,(H2,11,13). The molecule has 0 aromatic carbocycles. The van der Waals surface area contributed by atoms with E-state index in [0.717, 1.165) is 12.5 Å². The number of carbonyl (C=O) groups is 1. The van der Waals surface area contributed by atoms with Crippen molar-refractivity contribution in [1.29, 1.82) is 0 Å². The van der Waals surface area contributed by atoms with Gasteiger partial charge in [-0.1, -0.05) is 19.8 Å². The highest BCUT2D eigenvalue weighted by atomic mass is 16.1. The van der Waals surface area contributed by atoms with Gasteiger partial charge in [-0.15, -0.1) is 0 Å². The van der Waals surface area contributed by atoms with Crippen LogP contribution in [0.15, 0.2) is 0 Å². The van der Waals surface area contributed by atoms with Crippen LogP contribution in [0.2, 0.25) is 0 Å². The van der Waals surface area contributed by atoms with Crippen LogP contribution in [-0.4, -0.2) is 18.5 Å². The molecule has 1 fully saturated rings. The van der Waals surface area contributed by atoms with Crippen LogP contribution >= 0.6 is 0 Å². The maximum Gasteiger partial charge on any atom is 0.218 e. The molecule has 2 atom stereocenters. The maximum atomic E-state index is 10.5. The van der Waals surface area contributed by atoms with Gasteiger partial charge in [-0.2, -0.15) is 0 Å². The van der Waals surface area contributed by atoms with E-state index in [-0.39, 0.29) is 5.91 Å². The molecule has 1 saturated carbocycles. The molecule has 3 N–H and O–H groups in total. The Morgan fingerprint density at radius 3 is 2.92 bits per heavy atom. The Hall–Kier alpha value is -0.570. The molecule has 76 valence electrons. The molecule has 0 saturated heterocycles. The first-order chi connectivity index (χ1) is 6.24. The molecule has 0 bridgehead atoms. The molecule has 3 nitrogen and oxygen atoms in total. The average Bonchev–Trinajstić information content (AvgIpc) is 2.51. The van der Waals surface area contributed by atoms with Crippen LogP contribution < -0.4 is 11.1 Å². The van der Waals surface area contributed by atoms with E-state index in [4.69, 9.17) is 5.73 Å². The molecule has 0 aromatic heterocycles. The predicted molar refractivity (Wildman–Crippen MR) is 53.2 cm³/mol. The summed E-state index contributed by atoms with van der Waals surface area (Å²) < 4.78 is 0. The molecule has 13 heavy (non-hydrogen) atoms. The van der Waals surface area contributed by atoms with E-state index < -0.39 is 0 Å². The summed E-state index contributed by atoms with van der Waals surface area (Å²) in [5.74, 6) is 0.603. The van der Waals surface area contributed by atoms with Gasteiger partial charge in [-0.25, -0.2) is 0 Å². The first kappa shape index (κ1) is 10.5. The summed E-state index contributed by atoms with van der Waals surface area (Å²) in [6.07, 6.45) is 5.63. The number of amides is 1. The molecule has 0 aromatic rings. The Kier molecular flexibility index (Phi) is 4.22. The minimum absolute atomic E-state index is 0.210. The molecule has 1 rings (SSSR count). The molecule has 2 unspecified atom stereocenters. The monoisotopic (exact) mass is 184 g/mol. The highest BCUT2D eigenvalue weighted by Crippen LogP contribution is 2.27. The van der Waals surface area contributed by atoms with Gasteiger partial charge in [0, 0.05) is 19.0 Å². The van der Waals surface area contributed by atoms with E-state index in [2.05, 4.69) is 12.2 Å². The molecule has 1 amide bonds. The highest BCUT2D eigenvalue weighted by molar-refractivity contribution is 5.73. The lowest BCUT2D eigenvalue weighted by Gasteiger charge is -2.18. The molecule has 0 spiro atoms. The van der Waals surface area contributed by atoms with E-state index in [0.29, 0.717) is 12.5 Å². The summed E-state index contributed by atoms with van der Waals surface area (Å²) in [4.78, 5) is 10.5. The Balaban J connectivity index is 2.16. The minimum atomic E-state index is -0.210. The summed E-state index contributed by atoms with van der Waals surface area (Å²) in [7, 11) is 0. The zero-order valence-corrected chi connectivity index (χ0v) is 8.38. The summed E-state index contributed by atoms with van der Waals surface area (Å²) >= 11 is 0. The van der Waals surface area contributed by atoms with Crippen molar-refractivity contribution in [2.24, 2.45) is 11.7 Å². The summed E-state index contributed by atoms with van der Waals surface area (Å²) in [5.41, 5.74) is 5.07. The molecule has 0 heterocycles. The second-order valence-corrected chi connectivity index (χ2v) is 3.88. The fourth-order valence-corrected chi connectivity index (χ4v) is 2.17.